The van der Waals surface area contributed by atoms with E-state index in [0.717, 1.165) is 24.5 Å². The van der Waals surface area contributed by atoms with E-state index >= 15 is 32.8 Å². The Morgan fingerprint density at radius 1 is 0.667 bits per heavy atom. The lowest BCUT2D eigenvalue weighted by Crippen LogP contribution is -2.68. The molecule has 4 saturated carbocycles. The van der Waals surface area contributed by atoms with Crippen LogP contribution in [0, 0.1) is 41.4 Å². The van der Waals surface area contributed by atoms with Crippen molar-refractivity contribution in [1.29, 1.82) is 0 Å². The molecule has 7 rings (SSSR count). The van der Waals surface area contributed by atoms with Crippen LogP contribution in [-0.4, -0.2) is 262 Å². The molecule has 3 heterocycles. The quantitative estimate of drug-likeness (QED) is 0.110. The maximum Gasteiger partial charge on any atom is 0.393 e. The summed E-state index contributed by atoms with van der Waals surface area (Å²) < 4.78 is 117. The monoisotopic (exact) mass is 1520 g/mol. The van der Waals surface area contributed by atoms with Gasteiger partial charge in [-0.3, -0.25) is 57.5 Å². The van der Waals surface area contributed by atoms with Gasteiger partial charge in [-0.25, -0.2) is 8.78 Å². The van der Waals surface area contributed by atoms with Crippen LogP contribution in [0.4, 0.5) is 35.1 Å². The number of hydrogen-bond donors (Lipinski definition) is 4. The number of alkyl halides is 9. The number of nitrogens with zero attached hydrogens (tertiary/aromatic N) is 8. The molecule has 24 nitrogen and oxygen atoms in total. The number of nitrogens with one attached hydrogen (secondary N) is 4. The maximum absolute atomic E-state index is 16.1. The lowest BCUT2D eigenvalue weighted by molar-refractivity contribution is -0.184. The van der Waals surface area contributed by atoms with Gasteiger partial charge in [0.25, 0.3) is 5.92 Å². The molecule has 0 aromatic rings. The van der Waals surface area contributed by atoms with E-state index in [2.05, 4.69) is 21.3 Å². The average molecular weight is 1520 g/mol. The number of rotatable bonds is 13. The third-order valence-electron chi connectivity index (χ3n) is 23.5. The van der Waals surface area contributed by atoms with Crippen LogP contribution in [0.1, 0.15) is 189 Å². The SMILES string of the molecule is CCCN1C(=O)[C@@H]2CCN2C(=O)[C@H](C)N(C)C(=O)[C@H]([C@@H](C)CC)NC(=O)[C@H](CC(C)C)N(C)C(=O)C[C@@H](C(=O)N(C)C)NC(=O)[C@H](C2CCCC2)N(C)C(=O)C2(CCC2)NC(=O)[C@@H]2CC(F)(F)CN2C(=O)[C@H](CCC2CCC(C(F)(F)F)C(Cl)C2)NC(=O)CN(C)C(=O)[C@@H]1CC1CCC(C(F)(F)F)CC1. The van der Waals surface area contributed by atoms with Gasteiger partial charge < -0.3 is 60.5 Å². The van der Waals surface area contributed by atoms with Crippen molar-refractivity contribution in [2.75, 3.05) is 68.5 Å². The summed E-state index contributed by atoms with van der Waals surface area (Å²) in [5, 5.41) is 9.41. The molecular weight excluding hydrogens is 1410 g/mol. The normalized spacial score (nSPS) is 31.8. The van der Waals surface area contributed by atoms with Crippen molar-refractivity contribution in [1.82, 2.24) is 60.5 Å². The molecular formula is C72H111ClF8N12O12. The molecule has 0 bridgehead atoms. The number of likely N-dealkylation sites (N-methyl/N-ethyl adjacent to an activating group) is 5. The van der Waals surface area contributed by atoms with Gasteiger partial charge in [0.05, 0.1) is 31.3 Å². The number of carbonyl (C=O) groups is 12. The Bertz CT molecular complexity index is 3150. The number of fused-ring (bicyclic) bond motifs is 2. The van der Waals surface area contributed by atoms with Crippen LogP contribution in [0.3, 0.4) is 0 Å². The lowest BCUT2D eigenvalue weighted by Gasteiger charge is -2.46. The molecule has 33 heteroatoms. The molecule has 0 aromatic carbocycles. The molecule has 0 radical (unpaired) electrons. The van der Waals surface area contributed by atoms with Gasteiger partial charge in [-0.15, -0.1) is 11.6 Å². The van der Waals surface area contributed by atoms with Gasteiger partial charge in [0, 0.05) is 67.2 Å². The van der Waals surface area contributed by atoms with Crippen LogP contribution in [-0.2, 0) is 57.5 Å². The van der Waals surface area contributed by atoms with Gasteiger partial charge in [0.2, 0.25) is 70.9 Å². The first-order valence-corrected chi connectivity index (χ1v) is 38.0. The first-order chi connectivity index (χ1) is 49.0. The Morgan fingerprint density at radius 2 is 1.30 bits per heavy atom. The minimum atomic E-state index is -4.63. The molecule has 594 valence electrons. The zero-order chi connectivity index (χ0) is 78.3. The fraction of sp³-hybridized carbons (Fsp3) is 0.833. The maximum atomic E-state index is 16.1. The molecule has 3 unspecified atom stereocenters. The van der Waals surface area contributed by atoms with Crippen LogP contribution in [0.2, 0.25) is 0 Å². The fourth-order valence-electron chi connectivity index (χ4n) is 16.5. The smallest absolute Gasteiger partial charge is 0.347 e. The Labute approximate surface area is 615 Å². The molecule has 1 spiro atoms. The van der Waals surface area contributed by atoms with Gasteiger partial charge in [-0.2, -0.15) is 26.3 Å². The highest BCUT2D eigenvalue weighted by molar-refractivity contribution is 6.21. The first kappa shape index (κ1) is 85.6. The average Bonchev–Trinajstić information content (AvgIpc) is 1.73. The van der Waals surface area contributed by atoms with E-state index in [4.69, 9.17) is 11.6 Å². The Balaban J connectivity index is 1.30. The van der Waals surface area contributed by atoms with Crippen LogP contribution in [0.15, 0.2) is 0 Å². The Kier molecular flexibility index (Phi) is 29.0. The zero-order valence-electron chi connectivity index (χ0n) is 62.8. The molecule has 0 aromatic heterocycles. The van der Waals surface area contributed by atoms with Gasteiger partial charge in [0.15, 0.2) is 0 Å². The summed E-state index contributed by atoms with van der Waals surface area (Å²) in [5.74, 6) is -20.2. The highest BCUT2D eigenvalue weighted by Crippen LogP contribution is 2.46. The van der Waals surface area contributed by atoms with E-state index in [9.17, 15) is 59.9 Å². The Morgan fingerprint density at radius 3 is 1.83 bits per heavy atom. The highest BCUT2D eigenvalue weighted by Gasteiger charge is 2.57. The Hall–Kier alpha value is -6.63. The van der Waals surface area contributed by atoms with Crippen molar-refractivity contribution in [2.45, 2.75) is 273 Å². The summed E-state index contributed by atoms with van der Waals surface area (Å²) in [4.78, 5) is 187. The number of amides is 12. The largest absolute Gasteiger partial charge is 0.393 e. The number of halogens is 9. The van der Waals surface area contributed by atoms with Crippen molar-refractivity contribution < 1.29 is 92.7 Å². The van der Waals surface area contributed by atoms with Gasteiger partial charge in [-0.05, 0) is 152 Å². The highest BCUT2D eigenvalue weighted by atomic mass is 35.5. The van der Waals surface area contributed by atoms with E-state index in [1.807, 2.05) is 0 Å². The topological polar surface area (TPSA) is 279 Å². The van der Waals surface area contributed by atoms with Crippen molar-refractivity contribution in [3.8, 4) is 0 Å². The van der Waals surface area contributed by atoms with Crippen molar-refractivity contribution in [2.24, 2.45) is 41.4 Å². The van der Waals surface area contributed by atoms with Crippen LogP contribution < -0.4 is 21.3 Å². The molecule has 13 atom stereocenters. The standard InChI is InChI=1S/C72H111ClF8N12O12/c1-13-31-91-53(35-44-20-24-46(25-21-44)71(76,77)78)65(102)87(9)38-55(94)82-49(27-23-43-22-26-47(48(73)34-43)72(79,80)81)64(101)93-39-70(74,75)37-54(93)60(97)85-69(29-17-30-69)68(105)90(12)58(45-18-15-16-19-45)61(98)83-50(63(100)86(7)8)36-56(95)89(11)52(33-40(3)4)59(96)84-57(41(5)14-2)67(104)88(10)42(6)62(99)92-32-28-51(92)66(91)103/h40-54,57-58H,13-39H2,1-12H3,(H,82,94)(H,83,98)(H,84,96)(H,85,97)/t41-,42-,43?,44?,46?,47?,48?,49-,50-,51-,52-,53-,54-,57-,58-/m0/s1. The third-order valence-corrected chi connectivity index (χ3v) is 23.9. The first-order valence-electron chi connectivity index (χ1n) is 37.5. The van der Waals surface area contributed by atoms with E-state index in [-0.39, 0.29) is 109 Å². The summed E-state index contributed by atoms with van der Waals surface area (Å²) in [6.07, 6.45) is -9.95. The summed E-state index contributed by atoms with van der Waals surface area (Å²) in [7, 11) is 8.01. The third kappa shape index (κ3) is 20.6. The summed E-state index contributed by atoms with van der Waals surface area (Å²) in [6, 6.07) is -13.3. The predicted octanol–water partition coefficient (Wildman–Crippen LogP) is 6.78. The lowest BCUT2D eigenvalue weighted by atomic mass is 9.74. The number of carbonyl (C=O) groups excluding carboxylic acids is 12. The molecule has 3 saturated heterocycles. The molecule has 4 N–H and O–H groups in total. The summed E-state index contributed by atoms with van der Waals surface area (Å²) >= 11 is 6.33. The van der Waals surface area contributed by atoms with Crippen LogP contribution in [0.25, 0.3) is 0 Å². The van der Waals surface area contributed by atoms with Crippen LogP contribution >= 0.6 is 11.6 Å². The van der Waals surface area contributed by atoms with E-state index in [0.29, 0.717) is 43.4 Å². The molecule has 7 fully saturated rings. The molecule has 12 amide bonds. The second kappa shape index (κ2) is 35.6. The minimum absolute atomic E-state index is 0.00219. The molecule has 105 heavy (non-hydrogen) atoms. The molecule has 7 aliphatic rings. The number of hydrogen-bond acceptors (Lipinski definition) is 12. The van der Waals surface area contributed by atoms with Crippen molar-refractivity contribution in [3.05, 3.63) is 0 Å². The second-order valence-corrected chi connectivity index (χ2v) is 32.2. The van der Waals surface area contributed by atoms with E-state index < -0.39 is 222 Å². The second-order valence-electron chi connectivity index (χ2n) is 31.6. The van der Waals surface area contributed by atoms with Gasteiger partial charge >= 0.3 is 12.4 Å². The van der Waals surface area contributed by atoms with Crippen molar-refractivity contribution >= 4 is 82.5 Å². The van der Waals surface area contributed by atoms with Gasteiger partial charge in [-0.1, -0.05) is 53.9 Å². The van der Waals surface area contributed by atoms with E-state index in [1.54, 1.807) is 34.6 Å². The van der Waals surface area contributed by atoms with E-state index in [1.165, 1.54) is 59.0 Å². The molecule has 4 aliphatic carbocycles. The fourth-order valence-corrected chi connectivity index (χ4v) is 17.0. The van der Waals surface area contributed by atoms with Crippen molar-refractivity contribution in [3.63, 3.8) is 0 Å². The molecule has 3 aliphatic heterocycles. The van der Waals surface area contributed by atoms with Crippen LogP contribution in [0.5, 0.6) is 0 Å². The zero-order valence-corrected chi connectivity index (χ0v) is 63.5. The summed E-state index contributed by atoms with van der Waals surface area (Å²) in [5.41, 5.74) is -1.84. The van der Waals surface area contributed by atoms with Gasteiger partial charge in [0.1, 0.15) is 59.9 Å². The predicted molar refractivity (Wildman–Crippen MR) is 371 cm³/mol. The summed E-state index contributed by atoms with van der Waals surface area (Å²) in [6.45, 7) is 7.82. The minimum Gasteiger partial charge on any atom is -0.347 e.